The first-order chi connectivity index (χ1) is 5.55. The van der Waals surface area contributed by atoms with Gasteiger partial charge in [-0.05, 0) is 31.9 Å². The van der Waals surface area contributed by atoms with Crippen molar-refractivity contribution in [3.63, 3.8) is 0 Å². The van der Waals surface area contributed by atoms with Gasteiger partial charge in [-0.2, -0.15) is 11.8 Å². The number of nitrogens with two attached hydrogens (primary N) is 1. The molecule has 0 radical (unpaired) electrons. The molecule has 1 rings (SSSR count). The Balaban J connectivity index is 2.39. The van der Waals surface area contributed by atoms with Crippen LogP contribution in [0.25, 0.3) is 0 Å². The third kappa shape index (κ3) is 2.64. The zero-order valence-corrected chi connectivity index (χ0v) is 8.99. The van der Waals surface area contributed by atoms with Crippen molar-refractivity contribution in [2.45, 2.75) is 31.9 Å². The van der Waals surface area contributed by atoms with Gasteiger partial charge in [0, 0.05) is 18.9 Å². The molecule has 1 heterocycles. The highest BCUT2D eigenvalue weighted by molar-refractivity contribution is 7.99. The molecule has 0 aromatic rings. The van der Waals surface area contributed by atoms with Crippen LogP contribution in [0.2, 0.25) is 0 Å². The van der Waals surface area contributed by atoms with E-state index in [4.69, 9.17) is 10.5 Å². The molecule has 1 fully saturated rings. The lowest BCUT2D eigenvalue weighted by atomic mass is 9.90. The summed E-state index contributed by atoms with van der Waals surface area (Å²) in [4.78, 5) is 0. The van der Waals surface area contributed by atoms with E-state index in [1.165, 1.54) is 5.75 Å². The lowest BCUT2D eigenvalue weighted by Gasteiger charge is -2.27. The number of methoxy groups -OCH3 is 1. The van der Waals surface area contributed by atoms with Crippen LogP contribution in [0, 0.1) is 5.92 Å². The van der Waals surface area contributed by atoms with Crippen molar-refractivity contribution in [2.24, 2.45) is 11.7 Å². The Morgan fingerprint density at radius 1 is 1.50 bits per heavy atom. The molecule has 2 N–H and O–H groups in total. The molecule has 0 aliphatic carbocycles. The minimum atomic E-state index is -0.00676. The number of thioether (sulfide) groups is 1. The smallest absolute Gasteiger partial charge is 0.0626 e. The van der Waals surface area contributed by atoms with Gasteiger partial charge >= 0.3 is 0 Å². The quantitative estimate of drug-likeness (QED) is 0.730. The summed E-state index contributed by atoms with van der Waals surface area (Å²) in [5, 5.41) is 0. The van der Waals surface area contributed by atoms with Crippen molar-refractivity contribution in [3.8, 4) is 0 Å². The molecule has 12 heavy (non-hydrogen) atoms. The van der Waals surface area contributed by atoms with Gasteiger partial charge in [0.25, 0.3) is 0 Å². The van der Waals surface area contributed by atoms with Gasteiger partial charge in [0.05, 0.1) is 5.60 Å². The highest BCUT2D eigenvalue weighted by Crippen LogP contribution is 2.30. The number of hydrogen-bond acceptors (Lipinski definition) is 3. The summed E-state index contributed by atoms with van der Waals surface area (Å²) in [5.41, 5.74) is 5.96. The second-order valence-electron chi connectivity index (χ2n) is 4.13. The van der Waals surface area contributed by atoms with Crippen LogP contribution in [0.15, 0.2) is 0 Å². The van der Waals surface area contributed by atoms with Gasteiger partial charge < -0.3 is 10.5 Å². The van der Waals surface area contributed by atoms with Crippen molar-refractivity contribution in [1.29, 1.82) is 0 Å². The molecule has 0 saturated carbocycles. The molecular weight excluding hydrogens is 170 g/mol. The van der Waals surface area contributed by atoms with E-state index in [9.17, 15) is 0 Å². The van der Waals surface area contributed by atoms with Gasteiger partial charge in [-0.1, -0.05) is 0 Å². The maximum absolute atomic E-state index is 5.96. The van der Waals surface area contributed by atoms with Gasteiger partial charge in [0.2, 0.25) is 0 Å². The molecule has 0 spiro atoms. The fourth-order valence-corrected chi connectivity index (χ4v) is 2.89. The van der Waals surface area contributed by atoms with E-state index < -0.39 is 0 Å². The standard InChI is InChI=1S/C9H19NOS/c1-9(2,11-3)4-7-5-12-6-8(7)10/h7-8H,4-6,10H2,1-3H3. The summed E-state index contributed by atoms with van der Waals surface area (Å²) >= 11 is 1.96. The van der Waals surface area contributed by atoms with Crippen LogP contribution < -0.4 is 5.73 Å². The minimum Gasteiger partial charge on any atom is -0.379 e. The van der Waals surface area contributed by atoms with Crippen LogP contribution >= 0.6 is 11.8 Å². The maximum atomic E-state index is 5.96. The van der Waals surface area contributed by atoms with Crippen molar-refractivity contribution in [1.82, 2.24) is 0 Å². The predicted molar refractivity (Wildman–Crippen MR) is 54.5 cm³/mol. The summed E-state index contributed by atoms with van der Waals surface area (Å²) < 4.78 is 5.38. The number of rotatable bonds is 3. The lowest BCUT2D eigenvalue weighted by Crippen LogP contribution is -2.35. The fourth-order valence-electron chi connectivity index (χ4n) is 1.54. The second kappa shape index (κ2) is 3.99. The first kappa shape index (κ1) is 10.4. The summed E-state index contributed by atoms with van der Waals surface area (Å²) in [7, 11) is 1.77. The number of ether oxygens (including phenoxy) is 1. The third-order valence-corrected chi connectivity index (χ3v) is 3.84. The van der Waals surface area contributed by atoms with E-state index in [0.29, 0.717) is 12.0 Å². The summed E-state index contributed by atoms with van der Waals surface area (Å²) in [6.45, 7) is 4.26. The Morgan fingerprint density at radius 3 is 2.58 bits per heavy atom. The lowest BCUT2D eigenvalue weighted by molar-refractivity contribution is 0.00310. The van der Waals surface area contributed by atoms with Crippen LogP contribution in [0.5, 0.6) is 0 Å². The van der Waals surface area contributed by atoms with Crippen molar-refractivity contribution in [3.05, 3.63) is 0 Å². The van der Waals surface area contributed by atoms with E-state index in [-0.39, 0.29) is 5.60 Å². The monoisotopic (exact) mass is 189 g/mol. The Kier molecular flexibility index (Phi) is 3.44. The predicted octanol–water partition coefficient (Wildman–Crippen LogP) is 1.49. The molecule has 2 unspecified atom stereocenters. The fraction of sp³-hybridized carbons (Fsp3) is 1.00. The van der Waals surface area contributed by atoms with E-state index in [1.807, 2.05) is 11.8 Å². The number of hydrogen-bond donors (Lipinski definition) is 1. The van der Waals surface area contributed by atoms with Crippen molar-refractivity contribution >= 4 is 11.8 Å². The SMILES string of the molecule is COC(C)(C)CC1CSCC1N. The Labute approximate surface area is 79.2 Å². The van der Waals surface area contributed by atoms with Crippen molar-refractivity contribution in [2.75, 3.05) is 18.6 Å². The molecule has 1 saturated heterocycles. The molecule has 2 nitrogen and oxygen atoms in total. The topological polar surface area (TPSA) is 35.2 Å². The van der Waals surface area contributed by atoms with Gasteiger partial charge in [-0.25, -0.2) is 0 Å². The van der Waals surface area contributed by atoms with E-state index in [2.05, 4.69) is 13.8 Å². The Morgan fingerprint density at radius 2 is 2.17 bits per heavy atom. The summed E-state index contributed by atoms with van der Waals surface area (Å²) in [6, 6.07) is 0.379. The largest absolute Gasteiger partial charge is 0.379 e. The van der Waals surface area contributed by atoms with Crippen molar-refractivity contribution < 1.29 is 4.74 Å². The molecule has 0 amide bonds. The van der Waals surface area contributed by atoms with Gasteiger partial charge in [-0.15, -0.1) is 0 Å². The molecular formula is C9H19NOS. The highest BCUT2D eigenvalue weighted by atomic mass is 32.2. The average Bonchev–Trinajstić information content (AvgIpc) is 2.36. The second-order valence-corrected chi connectivity index (χ2v) is 5.20. The molecule has 1 aliphatic rings. The molecule has 1 aliphatic heterocycles. The molecule has 2 atom stereocenters. The van der Waals surface area contributed by atoms with Crippen LogP contribution in [0.4, 0.5) is 0 Å². The first-order valence-electron chi connectivity index (χ1n) is 4.43. The first-order valence-corrected chi connectivity index (χ1v) is 5.59. The van der Waals surface area contributed by atoms with Gasteiger partial charge in [-0.3, -0.25) is 0 Å². The van der Waals surface area contributed by atoms with E-state index in [0.717, 1.165) is 12.2 Å². The third-order valence-electron chi connectivity index (χ3n) is 2.55. The minimum absolute atomic E-state index is 0.00676. The summed E-state index contributed by atoms with van der Waals surface area (Å²) in [5.74, 6) is 2.96. The maximum Gasteiger partial charge on any atom is 0.0626 e. The summed E-state index contributed by atoms with van der Waals surface area (Å²) in [6.07, 6.45) is 1.08. The molecule has 0 bridgehead atoms. The van der Waals surface area contributed by atoms with Crippen LogP contribution in [0.1, 0.15) is 20.3 Å². The highest BCUT2D eigenvalue weighted by Gasteiger charge is 2.30. The van der Waals surface area contributed by atoms with E-state index >= 15 is 0 Å². The van der Waals surface area contributed by atoms with Crippen LogP contribution in [-0.4, -0.2) is 30.3 Å². The molecule has 0 aromatic carbocycles. The van der Waals surface area contributed by atoms with Gasteiger partial charge in [0.1, 0.15) is 0 Å². The molecule has 3 heteroatoms. The molecule has 72 valence electrons. The average molecular weight is 189 g/mol. The van der Waals surface area contributed by atoms with Crippen LogP contribution in [0.3, 0.4) is 0 Å². The Hall–Kier alpha value is 0.270. The zero-order valence-electron chi connectivity index (χ0n) is 8.17. The molecule has 0 aromatic heterocycles. The van der Waals surface area contributed by atoms with Gasteiger partial charge in [0.15, 0.2) is 0 Å². The van der Waals surface area contributed by atoms with E-state index in [1.54, 1.807) is 7.11 Å². The van der Waals surface area contributed by atoms with Crippen LogP contribution in [-0.2, 0) is 4.74 Å². The zero-order chi connectivity index (χ0) is 9.19. The Bertz CT molecular complexity index is 149. The normalized spacial score (nSPS) is 31.0.